The number of hydrogen-bond donors (Lipinski definition) is 1. The van der Waals surface area contributed by atoms with Crippen LogP contribution in [0.25, 0.3) is 0 Å². The van der Waals surface area contributed by atoms with Gasteiger partial charge in [-0.05, 0) is 36.4 Å². The van der Waals surface area contributed by atoms with E-state index in [0.717, 1.165) is 0 Å². The normalized spacial score (nSPS) is 13.2. The van der Waals surface area contributed by atoms with Crippen molar-refractivity contribution in [3.63, 3.8) is 0 Å². The Morgan fingerprint density at radius 3 is 2.21 bits per heavy atom. The van der Waals surface area contributed by atoms with Crippen LogP contribution in [-0.2, 0) is 10.5 Å². The predicted molar refractivity (Wildman–Crippen MR) is 86.2 cm³/mol. The summed E-state index contributed by atoms with van der Waals surface area (Å²) >= 11 is 0. The van der Waals surface area contributed by atoms with Gasteiger partial charge in [0.1, 0.15) is 22.8 Å². The summed E-state index contributed by atoms with van der Waals surface area (Å²) in [6.45, 7) is 0. The van der Waals surface area contributed by atoms with Crippen LogP contribution in [0.5, 0.6) is 0 Å². The van der Waals surface area contributed by atoms with Gasteiger partial charge in [0.05, 0.1) is 0 Å². The van der Waals surface area contributed by atoms with Gasteiger partial charge in [0.15, 0.2) is 0 Å². The van der Waals surface area contributed by atoms with Gasteiger partial charge >= 0.3 is 0 Å². The standard InChI is InChI=1S/C18H15N3O3/c1-24-18(23,15-9-3-5-12-20-15)16-10-6-8-14(21-16)17(22)13-7-2-4-11-19-13/h2-12,23H,1H3. The monoisotopic (exact) mass is 321 g/mol. The summed E-state index contributed by atoms with van der Waals surface area (Å²) in [6.07, 6.45) is 3.08. The number of ketones is 1. The first-order chi connectivity index (χ1) is 11.6. The lowest BCUT2D eigenvalue weighted by molar-refractivity contribution is -0.165. The second-order valence-electron chi connectivity index (χ2n) is 5.02. The van der Waals surface area contributed by atoms with Gasteiger partial charge in [-0.15, -0.1) is 0 Å². The van der Waals surface area contributed by atoms with Gasteiger partial charge in [-0.3, -0.25) is 14.8 Å². The summed E-state index contributed by atoms with van der Waals surface area (Å²) in [5.41, 5.74) is 0.895. The van der Waals surface area contributed by atoms with Crippen molar-refractivity contribution in [1.82, 2.24) is 15.0 Å². The van der Waals surface area contributed by atoms with Gasteiger partial charge in [0, 0.05) is 19.5 Å². The van der Waals surface area contributed by atoms with Crippen LogP contribution >= 0.6 is 0 Å². The third-order valence-electron chi connectivity index (χ3n) is 3.53. The Labute approximate surface area is 138 Å². The molecule has 0 fully saturated rings. The Morgan fingerprint density at radius 2 is 1.58 bits per heavy atom. The fourth-order valence-corrected chi connectivity index (χ4v) is 2.28. The molecule has 24 heavy (non-hydrogen) atoms. The molecular weight excluding hydrogens is 306 g/mol. The van der Waals surface area contributed by atoms with Gasteiger partial charge < -0.3 is 9.84 Å². The van der Waals surface area contributed by atoms with Crippen molar-refractivity contribution < 1.29 is 14.6 Å². The molecule has 1 atom stereocenters. The van der Waals surface area contributed by atoms with Crippen LogP contribution in [0.1, 0.15) is 27.6 Å². The molecule has 3 rings (SSSR count). The molecular formula is C18H15N3O3. The molecule has 0 saturated heterocycles. The highest BCUT2D eigenvalue weighted by molar-refractivity contribution is 6.06. The number of nitrogens with zero attached hydrogens (tertiary/aromatic N) is 3. The summed E-state index contributed by atoms with van der Waals surface area (Å²) in [7, 11) is 1.35. The summed E-state index contributed by atoms with van der Waals surface area (Å²) in [5.74, 6) is -2.18. The molecule has 0 aromatic carbocycles. The summed E-state index contributed by atoms with van der Waals surface area (Å²) in [6, 6.07) is 14.9. The van der Waals surface area contributed by atoms with E-state index in [1.54, 1.807) is 60.8 Å². The minimum absolute atomic E-state index is 0.164. The maximum atomic E-state index is 12.5. The Balaban J connectivity index is 2.02. The molecule has 0 radical (unpaired) electrons. The molecule has 6 nitrogen and oxygen atoms in total. The van der Waals surface area contributed by atoms with Gasteiger partial charge in [-0.25, -0.2) is 4.98 Å². The second kappa shape index (κ2) is 6.66. The molecule has 1 N–H and O–H groups in total. The van der Waals surface area contributed by atoms with E-state index in [9.17, 15) is 9.90 Å². The van der Waals surface area contributed by atoms with E-state index in [1.165, 1.54) is 13.3 Å². The van der Waals surface area contributed by atoms with Crippen LogP contribution in [0.3, 0.4) is 0 Å². The Bertz CT molecular complexity index is 840. The van der Waals surface area contributed by atoms with Crippen LogP contribution in [0.2, 0.25) is 0 Å². The number of carbonyl (C=O) groups excluding carboxylic acids is 1. The lowest BCUT2D eigenvalue weighted by atomic mass is 10.1. The van der Waals surface area contributed by atoms with Crippen LogP contribution < -0.4 is 0 Å². The van der Waals surface area contributed by atoms with E-state index >= 15 is 0 Å². The van der Waals surface area contributed by atoms with Crippen molar-refractivity contribution in [3.8, 4) is 0 Å². The maximum absolute atomic E-state index is 12.5. The zero-order chi connectivity index (χ0) is 17.0. The highest BCUT2D eigenvalue weighted by Crippen LogP contribution is 2.27. The summed E-state index contributed by atoms with van der Waals surface area (Å²) in [4.78, 5) is 24.9. The van der Waals surface area contributed by atoms with Crippen molar-refractivity contribution in [3.05, 3.63) is 89.8 Å². The Kier molecular flexibility index (Phi) is 4.41. The SMILES string of the molecule is COC(O)(c1ccccn1)c1cccc(C(=O)c2ccccn2)n1. The van der Waals surface area contributed by atoms with E-state index in [2.05, 4.69) is 15.0 Å². The van der Waals surface area contributed by atoms with E-state index in [0.29, 0.717) is 0 Å². The molecule has 0 saturated carbocycles. The smallest absolute Gasteiger partial charge is 0.254 e. The lowest BCUT2D eigenvalue weighted by Crippen LogP contribution is -2.32. The zero-order valence-corrected chi connectivity index (χ0v) is 13.0. The van der Waals surface area contributed by atoms with Crippen molar-refractivity contribution in [2.75, 3.05) is 7.11 Å². The molecule has 0 spiro atoms. The minimum Gasteiger partial charge on any atom is -0.356 e. The number of hydrogen-bond acceptors (Lipinski definition) is 6. The first-order valence-electron chi connectivity index (χ1n) is 7.27. The summed E-state index contributed by atoms with van der Waals surface area (Å²) in [5, 5.41) is 10.9. The quantitative estimate of drug-likeness (QED) is 0.571. The third kappa shape index (κ3) is 2.92. The second-order valence-corrected chi connectivity index (χ2v) is 5.02. The Morgan fingerprint density at radius 1 is 0.917 bits per heavy atom. The van der Waals surface area contributed by atoms with Crippen LogP contribution in [0.15, 0.2) is 67.0 Å². The minimum atomic E-state index is -1.85. The van der Waals surface area contributed by atoms with E-state index in [1.807, 2.05) is 0 Å². The molecule has 0 aliphatic heterocycles. The fourth-order valence-electron chi connectivity index (χ4n) is 2.28. The number of methoxy groups -OCH3 is 1. The molecule has 0 aliphatic rings. The summed E-state index contributed by atoms with van der Waals surface area (Å²) < 4.78 is 5.25. The maximum Gasteiger partial charge on any atom is 0.254 e. The first kappa shape index (κ1) is 15.9. The van der Waals surface area contributed by atoms with Crippen molar-refractivity contribution in [2.45, 2.75) is 5.79 Å². The number of ether oxygens (including phenoxy) is 1. The van der Waals surface area contributed by atoms with Gasteiger partial charge in [0.25, 0.3) is 5.79 Å². The zero-order valence-electron chi connectivity index (χ0n) is 13.0. The van der Waals surface area contributed by atoms with E-state index in [4.69, 9.17) is 4.74 Å². The largest absolute Gasteiger partial charge is 0.356 e. The van der Waals surface area contributed by atoms with Gasteiger partial charge in [0.2, 0.25) is 5.78 Å². The fraction of sp³-hybridized carbons (Fsp3) is 0.111. The average Bonchev–Trinajstić information content (AvgIpc) is 2.68. The molecule has 3 heterocycles. The molecule has 3 aromatic rings. The third-order valence-corrected chi connectivity index (χ3v) is 3.53. The molecule has 3 aromatic heterocycles. The number of rotatable bonds is 5. The first-order valence-corrected chi connectivity index (χ1v) is 7.27. The molecule has 0 amide bonds. The number of carbonyl (C=O) groups is 1. The molecule has 1 unspecified atom stereocenters. The van der Waals surface area contributed by atoms with Crippen LogP contribution in [0.4, 0.5) is 0 Å². The van der Waals surface area contributed by atoms with Crippen LogP contribution in [0, 0.1) is 0 Å². The van der Waals surface area contributed by atoms with Crippen molar-refractivity contribution >= 4 is 5.78 Å². The van der Waals surface area contributed by atoms with Crippen molar-refractivity contribution in [2.24, 2.45) is 0 Å². The topological polar surface area (TPSA) is 85.2 Å². The molecule has 120 valence electrons. The number of aromatic nitrogens is 3. The highest BCUT2D eigenvalue weighted by atomic mass is 16.6. The van der Waals surface area contributed by atoms with Crippen molar-refractivity contribution in [1.29, 1.82) is 0 Å². The molecule has 0 aliphatic carbocycles. The van der Waals surface area contributed by atoms with Crippen LogP contribution in [-0.4, -0.2) is 33.0 Å². The van der Waals surface area contributed by atoms with Gasteiger partial charge in [-0.2, -0.15) is 0 Å². The number of pyridine rings is 3. The highest BCUT2D eigenvalue weighted by Gasteiger charge is 2.35. The number of aliphatic hydroxyl groups is 1. The van der Waals surface area contributed by atoms with Gasteiger partial charge in [-0.1, -0.05) is 18.2 Å². The molecule has 6 heteroatoms. The lowest BCUT2D eigenvalue weighted by Gasteiger charge is -2.25. The predicted octanol–water partition coefficient (Wildman–Crippen LogP) is 1.94. The molecule has 0 bridgehead atoms. The van der Waals surface area contributed by atoms with E-state index < -0.39 is 5.79 Å². The van der Waals surface area contributed by atoms with E-state index in [-0.39, 0.29) is 28.6 Å². The average molecular weight is 321 g/mol. The Hall–Kier alpha value is -2.96.